The van der Waals surface area contributed by atoms with Crippen molar-refractivity contribution in [3.8, 4) is 11.6 Å². The van der Waals surface area contributed by atoms with Crippen molar-refractivity contribution in [1.82, 2.24) is 4.98 Å². The monoisotopic (exact) mass is 514 g/mol. The standard InChI is InChI=1S/C15H14BrClFIN2O2/c1-8(21-15-10(16)3-9(17)4-11(15)18)7-23-13-6-20-14(22-2)5-12(13)19/h3-6,8,21H,7H2,1-2H3/t8-/m1/s1. The second-order valence-electron chi connectivity index (χ2n) is 4.76. The molecule has 0 saturated heterocycles. The molecule has 2 rings (SSSR count). The Balaban J connectivity index is 1.99. The van der Waals surface area contributed by atoms with Crippen molar-refractivity contribution in [2.75, 3.05) is 19.0 Å². The average molecular weight is 516 g/mol. The molecule has 0 aliphatic heterocycles. The Morgan fingerprint density at radius 2 is 2.17 bits per heavy atom. The Kier molecular flexibility index (Phi) is 6.72. The van der Waals surface area contributed by atoms with Gasteiger partial charge >= 0.3 is 0 Å². The lowest BCUT2D eigenvalue weighted by Gasteiger charge is -2.18. The molecule has 0 aliphatic rings. The largest absolute Gasteiger partial charge is 0.489 e. The highest BCUT2D eigenvalue weighted by atomic mass is 127. The molecule has 1 aromatic carbocycles. The molecule has 0 unspecified atom stereocenters. The average Bonchev–Trinajstić information content (AvgIpc) is 2.49. The maximum Gasteiger partial charge on any atom is 0.214 e. The highest BCUT2D eigenvalue weighted by Crippen LogP contribution is 2.30. The van der Waals surface area contributed by atoms with Crippen LogP contribution in [0.2, 0.25) is 5.02 Å². The number of aromatic nitrogens is 1. The Morgan fingerprint density at radius 3 is 2.78 bits per heavy atom. The van der Waals surface area contributed by atoms with Crippen molar-refractivity contribution in [3.63, 3.8) is 0 Å². The van der Waals surface area contributed by atoms with Crippen LogP contribution in [0.1, 0.15) is 6.92 Å². The molecule has 0 bridgehead atoms. The molecule has 0 saturated carbocycles. The predicted octanol–water partition coefficient (Wildman–Crippen LogP) is 5.13. The van der Waals surface area contributed by atoms with E-state index in [1.54, 1.807) is 25.4 Å². The van der Waals surface area contributed by atoms with Crippen LogP contribution in [-0.4, -0.2) is 24.7 Å². The molecular formula is C15H14BrClFIN2O2. The first-order valence-electron chi connectivity index (χ1n) is 6.64. The minimum Gasteiger partial charge on any atom is -0.489 e. The van der Waals surface area contributed by atoms with E-state index >= 15 is 0 Å². The molecule has 0 amide bonds. The van der Waals surface area contributed by atoms with Crippen LogP contribution in [0.5, 0.6) is 11.6 Å². The van der Waals surface area contributed by atoms with Crippen LogP contribution in [0, 0.1) is 9.39 Å². The normalized spacial score (nSPS) is 11.9. The van der Waals surface area contributed by atoms with E-state index in [1.807, 2.05) is 6.92 Å². The topological polar surface area (TPSA) is 43.4 Å². The molecular weight excluding hydrogens is 501 g/mol. The van der Waals surface area contributed by atoms with E-state index in [0.29, 0.717) is 33.4 Å². The number of hydrogen-bond acceptors (Lipinski definition) is 4. The maximum atomic E-state index is 13.9. The van der Waals surface area contributed by atoms with Crippen LogP contribution in [0.15, 0.2) is 28.9 Å². The lowest BCUT2D eigenvalue weighted by atomic mass is 10.2. The fourth-order valence-corrected chi connectivity index (χ4v) is 3.25. The number of hydrogen-bond donors (Lipinski definition) is 1. The molecule has 1 aromatic heterocycles. The van der Waals surface area contributed by atoms with Gasteiger partial charge in [0, 0.05) is 15.6 Å². The summed E-state index contributed by atoms with van der Waals surface area (Å²) in [5.41, 5.74) is 0.355. The number of pyridine rings is 1. The van der Waals surface area contributed by atoms with Gasteiger partial charge in [-0.1, -0.05) is 11.6 Å². The number of anilines is 1. The van der Waals surface area contributed by atoms with Gasteiger partial charge < -0.3 is 14.8 Å². The number of halogens is 4. The summed E-state index contributed by atoms with van der Waals surface area (Å²) in [5, 5.41) is 3.40. The molecule has 0 radical (unpaired) electrons. The first-order chi connectivity index (χ1) is 10.9. The van der Waals surface area contributed by atoms with E-state index in [2.05, 4.69) is 48.8 Å². The highest BCUT2D eigenvalue weighted by molar-refractivity contribution is 14.1. The Morgan fingerprint density at radius 1 is 1.43 bits per heavy atom. The number of benzene rings is 1. The fourth-order valence-electron chi connectivity index (χ4n) is 1.80. The van der Waals surface area contributed by atoms with E-state index < -0.39 is 5.82 Å². The molecule has 1 N–H and O–H groups in total. The Bertz CT molecular complexity index is 682. The zero-order chi connectivity index (χ0) is 17.0. The molecule has 0 aliphatic carbocycles. The minimum atomic E-state index is -0.420. The zero-order valence-corrected chi connectivity index (χ0v) is 16.9. The number of nitrogens with zero attached hydrogens (tertiary/aromatic N) is 1. The van der Waals surface area contributed by atoms with Gasteiger partial charge in [-0.05, 0) is 57.6 Å². The second kappa shape index (κ2) is 8.34. The van der Waals surface area contributed by atoms with Gasteiger partial charge in [0.05, 0.1) is 28.6 Å². The lowest BCUT2D eigenvalue weighted by molar-refractivity contribution is 0.298. The van der Waals surface area contributed by atoms with Crippen molar-refractivity contribution >= 4 is 55.8 Å². The van der Waals surface area contributed by atoms with Gasteiger partial charge in [-0.25, -0.2) is 9.37 Å². The van der Waals surface area contributed by atoms with Gasteiger partial charge in [-0.3, -0.25) is 0 Å². The minimum absolute atomic E-state index is 0.125. The van der Waals surface area contributed by atoms with E-state index in [9.17, 15) is 4.39 Å². The van der Waals surface area contributed by atoms with Gasteiger partial charge in [0.15, 0.2) is 5.75 Å². The molecule has 0 spiro atoms. The van der Waals surface area contributed by atoms with Crippen molar-refractivity contribution in [2.45, 2.75) is 13.0 Å². The van der Waals surface area contributed by atoms with Crippen LogP contribution in [0.25, 0.3) is 0 Å². The number of nitrogens with one attached hydrogen (secondary N) is 1. The summed E-state index contributed by atoms with van der Waals surface area (Å²) in [4.78, 5) is 4.10. The molecule has 1 atom stereocenters. The first kappa shape index (κ1) is 18.5. The van der Waals surface area contributed by atoms with Gasteiger partial charge in [0.2, 0.25) is 5.88 Å². The van der Waals surface area contributed by atoms with Crippen molar-refractivity contribution < 1.29 is 13.9 Å². The SMILES string of the molecule is COc1cc(I)c(OC[C@@H](C)Nc2c(F)cc(Cl)cc2Br)cn1. The van der Waals surface area contributed by atoms with Crippen molar-refractivity contribution in [1.29, 1.82) is 0 Å². The quantitative estimate of drug-likeness (QED) is 0.542. The van der Waals surface area contributed by atoms with Crippen LogP contribution < -0.4 is 14.8 Å². The summed E-state index contributed by atoms with van der Waals surface area (Å²) in [7, 11) is 1.56. The number of rotatable bonds is 6. The summed E-state index contributed by atoms with van der Waals surface area (Å²) < 4.78 is 26.2. The van der Waals surface area contributed by atoms with Crippen LogP contribution >= 0.6 is 50.1 Å². The smallest absolute Gasteiger partial charge is 0.214 e. The van der Waals surface area contributed by atoms with Crippen molar-refractivity contribution in [2.24, 2.45) is 0 Å². The number of methoxy groups -OCH3 is 1. The zero-order valence-electron chi connectivity index (χ0n) is 12.4. The van der Waals surface area contributed by atoms with E-state index in [0.717, 1.165) is 3.57 Å². The molecule has 0 fully saturated rings. The highest BCUT2D eigenvalue weighted by Gasteiger charge is 2.13. The maximum absolute atomic E-state index is 13.9. The summed E-state index contributed by atoms with van der Waals surface area (Å²) in [6, 6.07) is 4.55. The third-order valence-corrected chi connectivity index (χ3v) is 4.58. The molecule has 2 aromatic rings. The summed E-state index contributed by atoms with van der Waals surface area (Å²) in [6.45, 7) is 2.24. The van der Waals surface area contributed by atoms with Crippen LogP contribution in [0.3, 0.4) is 0 Å². The van der Waals surface area contributed by atoms with Gasteiger partial charge in [0.1, 0.15) is 12.4 Å². The van der Waals surface area contributed by atoms with Crippen LogP contribution in [0.4, 0.5) is 10.1 Å². The van der Waals surface area contributed by atoms with E-state index in [1.165, 1.54) is 6.07 Å². The molecule has 8 heteroatoms. The molecule has 1 heterocycles. The Labute approximate surface area is 161 Å². The fraction of sp³-hybridized carbons (Fsp3) is 0.267. The van der Waals surface area contributed by atoms with Gasteiger partial charge in [-0.15, -0.1) is 0 Å². The second-order valence-corrected chi connectivity index (χ2v) is 7.21. The predicted molar refractivity (Wildman–Crippen MR) is 101 cm³/mol. The lowest BCUT2D eigenvalue weighted by Crippen LogP contribution is -2.24. The molecule has 23 heavy (non-hydrogen) atoms. The first-order valence-corrected chi connectivity index (χ1v) is 8.89. The Hall–Kier alpha value is -0.800. The third-order valence-electron chi connectivity index (χ3n) is 2.89. The van der Waals surface area contributed by atoms with E-state index in [-0.39, 0.29) is 6.04 Å². The van der Waals surface area contributed by atoms with Crippen molar-refractivity contribution in [3.05, 3.63) is 43.3 Å². The summed E-state index contributed by atoms with van der Waals surface area (Å²) >= 11 is 11.2. The molecule has 4 nitrogen and oxygen atoms in total. The van der Waals surface area contributed by atoms with Gasteiger partial charge in [0.25, 0.3) is 0 Å². The number of ether oxygens (including phenoxy) is 2. The summed E-state index contributed by atoms with van der Waals surface area (Å²) in [6.07, 6.45) is 1.60. The third kappa shape index (κ3) is 5.09. The van der Waals surface area contributed by atoms with Gasteiger partial charge in [-0.2, -0.15) is 0 Å². The van der Waals surface area contributed by atoms with Crippen LogP contribution in [-0.2, 0) is 0 Å². The molecule has 124 valence electrons. The summed E-state index contributed by atoms with van der Waals surface area (Å²) in [5.74, 6) is 0.757. The van der Waals surface area contributed by atoms with E-state index in [4.69, 9.17) is 21.1 Å².